The zero-order valence-corrected chi connectivity index (χ0v) is 15.2. The molecular formula is C22H16ClNO2. The van der Waals surface area contributed by atoms with Crippen LogP contribution < -0.4 is 0 Å². The van der Waals surface area contributed by atoms with E-state index < -0.39 is 0 Å². The van der Waals surface area contributed by atoms with Gasteiger partial charge < -0.3 is 4.42 Å². The highest BCUT2D eigenvalue weighted by molar-refractivity contribution is 6.30. The third kappa shape index (κ3) is 3.77. The van der Waals surface area contributed by atoms with Gasteiger partial charge in [0.05, 0.1) is 5.56 Å². The van der Waals surface area contributed by atoms with Gasteiger partial charge in [-0.1, -0.05) is 41.4 Å². The largest absolute Gasteiger partial charge is 0.461 e. The number of rotatable bonds is 4. The van der Waals surface area contributed by atoms with E-state index in [0.717, 1.165) is 16.7 Å². The van der Waals surface area contributed by atoms with Crippen molar-refractivity contribution in [2.75, 3.05) is 0 Å². The van der Waals surface area contributed by atoms with Crippen LogP contribution in [0.15, 0.2) is 64.6 Å². The van der Waals surface area contributed by atoms with Crippen LogP contribution in [0.25, 0.3) is 17.4 Å². The fourth-order valence-corrected chi connectivity index (χ4v) is 2.81. The van der Waals surface area contributed by atoms with Gasteiger partial charge in [0.25, 0.3) is 0 Å². The van der Waals surface area contributed by atoms with Crippen molar-refractivity contribution in [1.29, 1.82) is 5.26 Å². The number of halogens is 1. The van der Waals surface area contributed by atoms with Gasteiger partial charge in [-0.15, -0.1) is 0 Å². The van der Waals surface area contributed by atoms with Crippen LogP contribution in [0.2, 0.25) is 5.02 Å². The number of allylic oxidation sites excluding steroid dienone is 1. The molecule has 0 aliphatic rings. The molecule has 0 unspecified atom stereocenters. The first-order chi connectivity index (χ1) is 12.5. The van der Waals surface area contributed by atoms with Gasteiger partial charge >= 0.3 is 0 Å². The van der Waals surface area contributed by atoms with Crippen molar-refractivity contribution >= 4 is 23.5 Å². The van der Waals surface area contributed by atoms with Crippen LogP contribution in [0.1, 0.15) is 27.2 Å². The highest BCUT2D eigenvalue weighted by Crippen LogP contribution is 2.28. The molecule has 1 heterocycles. The second-order valence-electron chi connectivity index (χ2n) is 6.00. The van der Waals surface area contributed by atoms with Gasteiger partial charge in [-0.3, -0.25) is 4.79 Å². The minimum atomic E-state index is -0.351. The lowest BCUT2D eigenvalue weighted by molar-refractivity contribution is 0.103. The number of aryl methyl sites for hydroxylation is 2. The molecule has 0 fully saturated rings. The van der Waals surface area contributed by atoms with E-state index in [1.54, 1.807) is 31.2 Å². The van der Waals surface area contributed by atoms with Crippen molar-refractivity contribution in [3.05, 3.63) is 87.6 Å². The summed E-state index contributed by atoms with van der Waals surface area (Å²) >= 11 is 5.91. The smallest absolute Gasteiger partial charge is 0.207 e. The Bertz CT molecular complexity index is 1040. The summed E-state index contributed by atoms with van der Waals surface area (Å²) in [5, 5.41) is 10.1. The summed E-state index contributed by atoms with van der Waals surface area (Å²) in [6.07, 6.45) is 1.60. The van der Waals surface area contributed by atoms with Crippen LogP contribution in [0.5, 0.6) is 0 Å². The topological polar surface area (TPSA) is 54.0 Å². The van der Waals surface area contributed by atoms with E-state index in [4.69, 9.17) is 16.0 Å². The van der Waals surface area contributed by atoms with E-state index in [-0.39, 0.29) is 11.4 Å². The molecule has 0 bridgehead atoms. The molecule has 3 nitrogen and oxygen atoms in total. The summed E-state index contributed by atoms with van der Waals surface area (Å²) in [6, 6.07) is 18.5. The van der Waals surface area contributed by atoms with Crippen LogP contribution in [-0.2, 0) is 0 Å². The molecule has 0 saturated carbocycles. The molecule has 0 atom stereocenters. The number of furan rings is 1. The lowest BCUT2D eigenvalue weighted by Crippen LogP contribution is -2.02. The van der Waals surface area contributed by atoms with Gasteiger partial charge in [0.15, 0.2) is 0 Å². The Balaban J connectivity index is 1.96. The summed E-state index contributed by atoms with van der Waals surface area (Å²) in [4.78, 5) is 12.8. The molecule has 0 aliphatic heterocycles. The maximum atomic E-state index is 12.8. The molecule has 4 heteroatoms. The summed E-state index contributed by atoms with van der Waals surface area (Å²) in [6.45, 7) is 3.68. The number of ketones is 1. The zero-order valence-electron chi connectivity index (χ0n) is 14.4. The van der Waals surface area contributed by atoms with Crippen LogP contribution >= 0.6 is 11.6 Å². The highest BCUT2D eigenvalue weighted by atomic mass is 35.5. The number of nitriles is 1. The number of Topliss-reactive ketones (excluding diaryl/α,β-unsaturated/α-hetero) is 1. The SMILES string of the molecule is Cc1cccc(/C=C(\C#N)C(=O)c2cc(-c3ccc(Cl)cc3)oc2C)c1. The van der Waals surface area contributed by atoms with E-state index in [0.29, 0.717) is 22.1 Å². The first-order valence-electron chi connectivity index (χ1n) is 8.07. The third-order valence-electron chi connectivity index (χ3n) is 4.01. The molecule has 26 heavy (non-hydrogen) atoms. The number of carbonyl (C=O) groups is 1. The fraction of sp³-hybridized carbons (Fsp3) is 0.0909. The Morgan fingerprint density at radius 2 is 1.85 bits per heavy atom. The van der Waals surface area contributed by atoms with Crippen molar-refractivity contribution < 1.29 is 9.21 Å². The second kappa shape index (κ2) is 7.43. The van der Waals surface area contributed by atoms with Crippen molar-refractivity contribution in [2.45, 2.75) is 13.8 Å². The molecular weight excluding hydrogens is 346 g/mol. The lowest BCUT2D eigenvalue weighted by atomic mass is 10.0. The van der Waals surface area contributed by atoms with Crippen LogP contribution in [-0.4, -0.2) is 5.78 Å². The minimum Gasteiger partial charge on any atom is -0.461 e. The summed E-state index contributed by atoms with van der Waals surface area (Å²) in [5.41, 5.74) is 3.15. The van der Waals surface area contributed by atoms with Crippen LogP contribution in [0.3, 0.4) is 0 Å². The Kier molecular flexibility index (Phi) is 5.06. The number of nitrogens with zero attached hydrogens (tertiary/aromatic N) is 1. The Morgan fingerprint density at radius 3 is 2.50 bits per heavy atom. The maximum absolute atomic E-state index is 12.8. The lowest BCUT2D eigenvalue weighted by Gasteiger charge is -1.99. The Morgan fingerprint density at radius 1 is 1.12 bits per heavy atom. The van der Waals surface area contributed by atoms with E-state index in [1.165, 1.54) is 0 Å². The predicted octanol–water partition coefficient (Wildman–Crippen LogP) is 6.01. The summed E-state index contributed by atoms with van der Waals surface area (Å²) < 4.78 is 5.73. The molecule has 0 aliphatic carbocycles. The predicted molar refractivity (Wildman–Crippen MR) is 103 cm³/mol. The van der Waals surface area contributed by atoms with Crippen molar-refractivity contribution in [1.82, 2.24) is 0 Å². The first kappa shape index (κ1) is 17.7. The van der Waals surface area contributed by atoms with Gasteiger partial charge in [-0.05, 0) is 55.8 Å². The normalized spacial score (nSPS) is 11.2. The average Bonchev–Trinajstić information content (AvgIpc) is 3.01. The van der Waals surface area contributed by atoms with Crippen molar-refractivity contribution in [3.8, 4) is 17.4 Å². The zero-order chi connectivity index (χ0) is 18.7. The van der Waals surface area contributed by atoms with Crippen LogP contribution in [0, 0.1) is 25.2 Å². The Labute approximate surface area is 157 Å². The number of hydrogen-bond donors (Lipinski definition) is 0. The molecule has 0 amide bonds. The van der Waals surface area contributed by atoms with Gasteiger partial charge in [0.2, 0.25) is 5.78 Å². The standard InChI is InChI=1S/C22H16ClNO2/c1-14-4-3-5-16(10-14)11-18(13-24)22(25)20-12-21(26-15(20)2)17-6-8-19(23)9-7-17/h3-12H,1-2H3/b18-11+. The van der Waals surface area contributed by atoms with Gasteiger partial charge in [-0.25, -0.2) is 0 Å². The van der Waals surface area contributed by atoms with Gasteiger partial charge in [0, 0.05) is 10.6 Å². The van der Waals surface area contributed by atoms with Crippen molar-refractivity contribution in [3.63, 3.8) is 0 Å². The molecule has 3 rings (SSSR count). The Hall–Kier alpha value is -3.09. The average molecular weight is 362 g/mol. The van der Waals surface area contributed by atoms with E-state index in [2.05, 4.69) is 0 Å². The summed E-state index contributed by atoms with van der Waals surface area (Å²) in [5.74, 6) is 0.691. The molecule has 0 N–H and O–H groups in total. The van der Waals surface area contributed by atoms with E-state index >= 15 is 0 Å². The number of carbonyl (C=O) groups excluding carboxylic acids is 1. The molecule has 128 valence electrons. The number of benzene rings is 2. The third-order valence-corrected chi connectivity index (χ3v) is 4.26. The van der Waals surface area contributed by atoms with E-state index in [1.807, 2.05) is 49.4 Å². The second-order valence-corrected chi connectivity index (χ2v) is 6.44. The highest BCUT2D eigenvalue weighted by Gasteiger charge is 2.19. The number of hydrogen-bond acceptors (Lipinski definition) is 3. The quantitative estimate of drug-likeness (QED) is 0.325. The van der Waals surface area contributed by atoms with Crippen LogP contribution in [0.4, 0.5) is 0 Å². The fourth-order valence-electron chi connectivity index (χ4n) is 2.68. The molecule has 0 saturated heterocycles. The summed E-state index contributed by atoms with van der Waals surface area (Å²) in [7, 11) is 0. The molecule has 0 spiro atoms. The molecule has 3 aromatic rings. The van der Waals surface area contributed by atoms with Gasteiger partial charge in [-0.2, -0.15) is 5.26 Å². The molecule has 1 aromatic heterocycles. The monoisotopic (exact) mass is 361 g/mol. The van der Waals surface area contributed by atoms with E-state index in [9.17, 15) is 10.1 Å². The molecule has 2 aromatic carbocycles. The molecule has 0 radical (unpaired) electrons. The van der Waals surface area contributed by atoms with Crippen molar-refractivity contribution in [2.24, 2.45) is 0 Å². The van der Waals surface area contributed by atoms with Gasteiger partial charge in [0.1, 0.15) is 23.2 Å². The minimum absolute atomic E-state index is 0.0714. The maximum Gasteiger partial charge on any atom is 0.207 e. The first-order valence-corrected chi connectivity index (χ1v) is 8.45.